The Bertz CT molecular complexity index is 625. The second-order valence-electron chi connectivity index (χ2n) is 3.45. The fourth-order valence-corrected chi connectivity index (χ4v) is 1.87. The maximum absolute atomic E-state index is 4.36. The van der Waals surface area contributed by atoms with E-state index in [1.807, 2.05) is 35.3 Å². The number of imidazole rings is 1. The molecular formula is C12H10N3. The molecule has 0 fully saturated rings. The summed E-state index contributed by atoms with van der Waals surface area (Å²) in [6.45, 7) is 4.57. The average molecular weight is 196 g/mol. The van der Waals surface area contributed by atoms with Gasteiger partial charge in [-0.1, -0.05) is 18.2 Å². The predicted octanol–water partition coefficient (Wildman–Crippen LogP) is 2.42. The number of para-hydroxylation sites is 1. The van der Waals surface area contributed by atoms with Crippen LogP contribution in [-0.2, 0) is 6.54 Å². The van der Waals surface area contributed by atoms with Crippen LogP contribution in [0, 0.1) is 6.92 Å². The number of benzene rings is 1. The summed E-state index contributed by atoms with van der Waals surface area (Å²) in [5.74, 6) is 0. The third-order valence-corrected chi connectivity index (χ3v) is 2.59. The molecule has 15 heavy (non-hydrogen) atoms. The number of hydrogen-bond acceptors (Lipinski definition) is 2. The molecular weight excluding hydrogens is 186 g/mol. The van der Waals surface area contributed by atoms with Crippen molar-refractivity contribution in [2.75, 3.05) is 0 Å². The van der Waals surface area contributed by atoms with Gasteiger partial charge >= 0.3 is 0 Å². The van der Waals surface area contributed by atoms with Crippen LogP contribution in [0.2, 0.25) is 0 Å². The lowest BCUT2D eigenvalue weighted by Crippen LogP contribution is -1.92. The fraction of sp³-hybridized carbons (Fsp3) is 0.0833. The Hall–Kier alpha value is -1.90. The van der Waals surface area contributed by atoms with E-state index in [1.165, 1.54) is 0 Å². The highest BCUT2D eigenvalue weighted by Gasteiger charge is 2.05. The molecule has 0 bridgehead atoms. The lowest BCUT2D eigenvalue weighted by Gasteiger charge is -2.02. The van der Waals surface area contributed by atoms with E-state index < -0.39 is 0 Å². The zero-order valence-electron chi connectivity index (χ0n) is 8.22. The molecule has 2 heterocycles. The smallest absolute Gasteiger partial charge is 0.107 e. The second kappa shape index (κ2) is 3.05. The maximum atomic E-state index is 4.36. The van der Waals surface area contributed by atoms with Gasteiger partial charge in [-0.15, -0.1) is 0 Å². The third-order valence-electron chi connectivity index (χ3n) is 2.59. The summed E-state index contributed by atoms with van der Waals surface area (Å²) in [4.78, 5) is 8.66. The molecule has 0 saturated heterocycles. The summed E-state index contributed by atoms with van der Waals surface area (Å²) >= 11 is 0. The second-order valence-corrected chi connectivity index (χ2v) is 3.45. The van der Waals surface area contributed by atoms with Gasteiger partial charge in [0.05, 0.1) is 23.6 Å². The van der Waals surface area contributed by atoms with Crippen LogP contribution in [0.3, 0.4) is 0 Å². The minimum Gasteiger partial charge on any atom is -0.330 e. The lowest BCUT2D eigenvalue weighted by atomic mass is 10.2. The highest BCUT2D eigenvalue weighted by molar-refractivity contribution is 6.01. The van der Waals surface area contributed by atoms with Crippen LogP contribution in [0.5, 0.6) is 0 Å². The zero-order chi connectivity index (χ0) is 10.3. The molecule has 3 heteroatoms. The Labute approximate surface area is 87.4 Å². The number of nitrogens with zero attached hydrogens (tertiary/aromatic N) is 3. The quantitative estimate of drug-likeness (QED) is 0.598. The van der Waals surface area contributed by atoms with Crippen LogP contribution in [-0.4, -0.2) is 14.5 Å². The van der Waals surface area contributed by atoms with Crippen molar-refractivity contribution < 1.29 is 0 Å². The van der Waals surface area contributed by atoms with Gasteiger partial charge in [-0.25, -0.2) is 4.98 Å². The molecule has 0 aliphatic heterocycles. The van der Waals surface area contributed by atoms with Crippen molar-refractivity contribution in [3.8, 4) is 0 Å². The topological polar surface area (TPSA) is 30.7 Å². The van der Waals surface area contributed by atoms with Gasteiger partial charge in [0.1, 0.15) is 5.52 Å². The van der Waals surface area contributed by atoms with Crippen molar-refractivity contribution in [1.29, 1.82) is 0 Å². The molecule has 3 nitrogen and oxygen atoms in total. The van der Waals surface area contributed by atoms with E-state index in [0.29, 0.717) is 6.54 Å². The molecule has 0 N–H and O–H groups in total. The van der Waals surface area contributed by atoms with E-state index >= 15 is 0 Å². The molecule has 0 saturated carbocycles. The van der Waals surface area contributed by atoms with Gasteiger partial charge in [0, 0.05) is 11.9 Å². The summed E-state index contributed by atoms with van der Waals surface area (Å²) in [5.41, 5.74) is 3.05. The van der Waals surface area contributed by atoms with Crippen LogP contribution >= 0.6 is 0 Å². The Balaban J connectivity index is 2.56. The van der Waals surface area contributed by atoms with Gasteiger partial charge in [0.25, 0.3) is 0 Å². The molecule has 0 aliphatic carbocycles. The Morgan fingerprint density at radius 3 is 2.87 bits per heavy atom. The SMILES string of the molecule is [CH2]Cn1cnc2cnc3ccccc3c21. The van der Waals surface area contributed by atoms with Gasteiger partial charge in [-0.05, 0) is 13.0 Å². The van der Waals surface area contributed by atoms with Crippen LogP contribution < -0.4 is 0 Å². The van der Waals surface area contributed by atoms with Gasteiger partial charge in [0.2, 0.25) is 0 Å². The highest BCUT2D eigenvalue weighted by atomic mass is 15.0. The van der Waals surface area contributed by atoms with Crippen molar-refractivity contribution in [2.24, 2.45) is 0 Å². The average Bonchev–Trinajstić information content (AvgIpc) is 2.72. The molecule has 2 aromatic heterocycles. The molecule has 0 unspecified atom stereocenters. The van der Waals surface area contributed by atoms with Gasteiger partial charge in [-0.3, -0.25) is 4.98 Å². The summed E-state index contributed by atoms with van der Waals surface area (Å²) < 4.78 is 2.04. The monoisotopic (exact) mass is 196 g/mol. The number of pyridine rings is 1. The molecule has 73 valence electrons. The van der Waals surface area contributed by atoms with Crippen LogP contribution in [0.25, 0.3) is 21.9 Å². The Kier molecular flexibility index (Phi) is 1.71. The molecule has 0 atom stereocenters. The lowest BCUT2D eigenvalue weighted by molar-refractivity contribution is 0.849. The van der Waals surface area contributed by atoms with Crippen molar-refractivity contribution in [3.63, 3.8) is 0 Å². The first-order chi connectivity index (χ1) is 7.40. The fourth-order valence-electron chi connectivity index (χ4n) is 1.87. The predicted molar refractivity (Wildman–Crippen MR) is 60.4 cm³/mol. The van der Waals surface area contributed by atoms with Crippen molar-refractivity contribution >= 4 is 21.9 Å². The first-order valence-electron chi connectivity index (χ1n) is 4.88. The van der Waals surface area contributed by atoms with Crippen LogP contribution in [0.4, 0.5) is 0 Å². The number of fused-ring (bicyclic) bond motifs is 3. The molecule has 3 aromatic rings. The van der Waals surface area contributed by atoms with Crippen LogP contribution in [0.1, 0.15) is 0 Å². The van der Waals surface area contributed by atoms with Gasteiger partial charge in [0.15, 0.2) is 0 Å². The van der Waals surface area contributed by atoms with Gasteiger partial charge in [-0.2, -0.15) is 0 Å². The molecule has 0 spiro atoms. The summed E-state index contributed by atoms with van der Waals surface area (Å²) in [5, 5.41) is 1.14. The molecule has 1 radical (unpaired) electrons. The number of hydrogen-bond donors (Lipinski definition) is 0. The third kappa shape index (κ3) is 1.13. The van der Waals surface area contributed by atoms with E-state index in [4.69, 9.17) is 0 Å². The highest BCUT2D eigenvalue weighted by Crippen LogP contribution is 2.22. The van der Waals surface area contributed by atoms with Crippen LogP contribution in [0.15, 0.2) is 36.8 Å². The Morgan fingerprint density at radius 2 is 2.00 bits per heavy atom. The summed E-state index contributed by atoms with van der Waals surface area (Å²) in [6, 6.07) is 8.09. The molecule has 1 aromatic carbocycles. The summed E-state index contributed by atoms with van der Waals surface area (Å²) in [6.07, 6.45) is 3.62. The molecule has 3 rings (SSSR count). The first-order valence-corrected chi connectivity index (χ1v) is 4.88. The largest absolute Gasteiger partial charge is 0.330 e. The summed E-state index contributed by atoms with van der Waals surface area (Å²) in [7, 11) is 0. The van der Waals surface area contributed by atoms with Crippen molar-refractivity contribution in [2.45, 2.75) is 6.54 Å². The van der Waals surface area contributed by atoms with Gasteiger partial charge < -0.3 is 4.57 Å². The molecule has 0 amide bonds. The van der Waals surface area contributed by atoms with E-state index in [0.717, 1.165) is 21.9 Å². The first kappa shape index (κ1) is 8.41. The standard InChI is InChI=1S/C12H10N3/c1-2-15-8-14-11-7-13-10-6-4-3-5-9(10)12(11)15/h3-8H,1-2H2. The zero-order valence-corrected chi connectivity index (χ0v) is 8.22. The maximum Gasteiger partial charge on any atom is 0.107 e. The van der Waals surface area contributed by atoms with E-state index in [2.05, 4.69) is 23.0 Å². The van der Waals surface area contributed by atoms with E-state index in [1.54, 1.807) is 0 Å². The van der Waals surface area contributed by atoms with E-state index in [9.17, 15) is 0 Å². The minimum atomic E-state index is 0.685. The minimum absolute atomic E-state index is 0.685. The molecule has 0 aliphatic rings. The Morgan fingerprint density at radius 1 is 1.13 bits per heavy atom. The normalized spacial score (nSPS) is 11.3. The number of rotatable bonds is 1. The van der Waals surface area contributed by atoms with E-state index in [-0.39, 0.29) is 0 Å². The number of aromatic nitrogens is 3. The van der Waals surface area contributed by atoms with Crippen molar-refractivity contribution in [1.82, 2.24) is 14.5 Å². The van der Waals surface area contributed by atoms with Crippen molar-refractivity contribution in [3.05, 3.63) is 43.7 Å².